The second-order valence-electron chi connectivity index (χ2n) is 1.81. The van der Waals surface area contributed by atoms with Gasteiger partial charge in [0.05, 0.1) is 11.6 Å². The molecule has 43 valence electrons. The van der Waals surface area contributed by atoms with Crippen molar-refractivity contribution in [3.8, 4) is 6.07 Å². The number of benzene rings is 1. The fraction of sp³-hybridized carbons (Fsp3) is 0. The Morgan fingerprint density at radius 3 is 2.22 bits per heavy atom. The molecule has 1 rings (SSSR count). The van der Waals surface area contributed by atoms with Crippen LogP contribution in [0.2, 0.25) is 0 Å². The van der Waals surface area contributed by atoms with Gasteiger partial charge in [0, 0.05) is 0 Å². The minimum atomic E-state index is 0.683. The van der Waals surface area contributed by atoms with Crippen LogP contribution >= 0.6 is 0 Å². The van der Waals surface area contributed by atoms with Crippen LogP contribution < -0.4 is 0 Å². The van der Waals surface area contributed by atoms with E-state index in [-0.39, 0.29) is 0 Å². The molecule has 0 N–H and O–H groups in total. The van der Waals surface area contributed by atoms with Gasteiger partial charge >= 0.3 is 0 Å². The molecule has 0 aliphatic heterocycles. The first-order valence-electron chi connectivity index (χ1n) is 2.65. The van der Waals surface area contributed by atoms with Gasteiger partial charge in [-0.3, -0.25) is 0 Å². The topological polar surface area (TPSA) is 23.8 Å². The first-order chi connectivity index (χ1) is 4.33. The average Bonchev–Trinajstić information content (AvgIpc) is 1.90. The van der Waals surface area contributed by atoms with Crippen LogP contribution in [0.3, 0.4) is 0 Å². The Labute approximate surface area is 54.6 Å². The molecular formula is C8H6N. The molecule has 0 aliphatic carbocycles. The van der Waals surface area contributed by atoms with Gasteiger partial charge in [-0.1, -0.05) is 12.1 Å². The van der Waals surface area contributed by atoms with Gasteiger partial charge < -0.3 is 0 Å². The van der Waals surface area contributed by atoms with Gasteiger partial charge in [-0.2, -0.15) is 5.26 Å². The van der Waals surface area contributed by atoms with Crippen molar-refractivity contribution in [2.45, 2.75) is 0 Å². The zero-order chi connectivity index (χ0) is 6.69. The molecule has 9 heavy (non-hydrogen) atoms. The van der Waals surface area contributed by atoms with Gasteiger partial charge in [-0.15, -0.1) is 0 Å². The number of hydrogen-bond acceptors (Lipinski definition) is 1. The second kappa shape index (κ2) is 2.32. The lowest BCUT2D eigenvalue weighted by atomic mass is 10.2. The molecule has 1 heteroatoms. The SMILES string of the molecule is [CH2]c1ccc(C#N)cc1. The molecule has 1 aromatic carbocycles. The Hall–Kier alpha value is -1.29. The first-order valence-corrected chi connectivity index (χ1v) is 2.65. The molecule has 0 aromatic heterocycles. The summed E-state index contributed by atoms with van der Waals surface area (Å²) in [6.07, 6.45) is 0. The molecular weight excluding hydrogens is 110 g/mol. The van der Waals surface area contributed by atoms with Crippen molar-refractivity contribution in [2.24, 2.45) is 0 Å². The van der Waals surface area contributed by atoms with Crippen molar-refractivity contribution in [3.63, 3.8) is 0 Å². The number of hydrogen-bond donors (Lipinski definition) is 0. The van der Waals surface area contributed by atoms with Crippen LogP contribution in [0.25, 0.3) is 0 Å². The summed E-state index contributed by atoms with van der Waals surface area (Å²) in [4.78, 5) is 0. The van der Waals surface area contributed by atoms with Crippen molar-refractivity contribution in [2.75, 3.05) is 0 Å². The minimum absolute atomic E-state index is 0.683. The predicted molar refractivity (Wildman–Crippen MR) is 35.6 cm³/mol. The summed E-state index contributed by atoms with van der Waals surface area (Å²) >= 11 is 0. The molecule has 1 nitrogen and oxygen atoms in total. The van der Waals surface area contributed by atoms with Crippen LogP contribution in [0.1, 0.15) is 11.1 Å². The van der Waals surface area contributed by atoms with Crippen molar-refractivity contribution in [1.82, 2.24) is 0 Å². The van der Waals surface area contributed by atoms with E-state index in [9.17, 15) is 0 Å². The summed E-state index contributed by atoms with van der Waals surface area (Å²) in [6, 6.07) is 9.17. The summed E-state index contributed by atoms with van der Waals surface area (Å²) in [6.45, 7) is 3.69. The summed E-state index contributed by atoms with van der Waals surface area (Å²) in [5.74, 6) is 0. The summed E-state index contributed by atoms with van der Waals surface area (Å²) in [5, 5.41) is 8.36. The molecule has 0 saturated heterocycles. The van der Waals surface area contributed by atoms with Gasteiger partial charge in [-0.25, -0.2) is 0 Å². The Balaban J connectivity index is 3.06. The van der Waals surface area contributed by atoms with Crippen molar-refractivity contribution >= 4 is 0 Å². The van der Waals surface area contributed by atoms with Crippen LogP contribution in [-0.4, -0.2) is 0 Å². The zero-order valence-electron chi connectivity index (χ0n) is 4.96. The molecule has 1 aromatic rings. The Bertz CT molecular complexity index is 228. The number of nitriles is 1. The summed E-state index contributed by atoms with van der Waals surface area (Å²) in [5.41, 5.74) is 1.62. The van der Waals surface area contributed by atoms with E-state index in [0.717, 1.165) is 5.56 Å². The van der Waals surface area contributed by atoms with E-state index in [1.807, 2.05) is 18.2 Å². The van der Waals surface area contributed by atoms with Crippen LogP contribution in [0.5, 0.6) is 0 Å². The normalized spacial score (nSPS) is 8.44. The van der Waals surface area contributed by atoms with E-state index in [1.165, 1.54) is 0 Å². The van der Waals surface area contributed by atoms with E-state index >= 15 is 0 Å². The summed E-state index contributed by atoms with van der Waals surface area (Å²) < 4.78 is 0. The lowest BCUT2D eigenvalue weighted by Gasteiger charge is -1.87. The molecule has 0 fully saturated rings. The Kier molecular flexibility index (Phi) is 1.51. The molecule has 0 atom stereocenters. The smallest absolute Gasteiger partial charge is 0.0991 e. The van der Waals surface area contributed by atoms with Gasteiger partial charge in [0.25, 0.3) is 0 Å². The third kappa shape index (κ3) is 1.30. The molecule has 0 saturated carbocycles. The third-order valence-corrected chi connectivity index (χ3v) is 1.08. The Morgan fingerprint density at radius 1 is 1.22 bits per heavy atom. The quantitative estimate of drug-likeness (QED) is 0.506. The first kappa shape index (κ1) is 5.84. The van der Waals surface area contributed by atoms with Crippen molar-refractivity contribution < 1.29 is 0 Å². The average molecular weight is 116 g/mol. The van der Waals surface area contributed by atoms with Crippen LogP contribution in [-0.2, 0) is 0 Å². The fourth-order valence-electron chi connectivity index (χ4n) is 0.579. The number of nitrogens with zero attached hydrogens (tertiary/aromatic N) is 1. The number of rotatable bonds is 0. The van der Waals surface area contributed by atoms with E-state index in [4.69, 9.17) is 5.26 Å². The molecule has 0 heterocycles. The monoisotopic (exact) mass is 116 g/mol. The third-order valence-electron chi connectivity index (χ3n) is 1.08. The lowest BCUT2D eigenvalue weighted by Crippen LogP contribution is -1.72. The second-order valence-corrected chi connectivity index (χ2v) is 1.81. The zero-order valence-corrected chi connectivity index (χ0v) is 4.96. The fourth-order valence-corrected chi connectivity index (χ4v) is 0.579. The van der Waals surface area contributed by atoms with Gasteiger partial charge in [-0.05, 0) is 24.6 Å². The highest BCUT2D eigenvalue weighted by molar-refractivity contribution is 5.32. The maximum atomic E-state index is 8.36. The van der Waals surface area contributed by atoms with Crippen LogP contribution in [0, 0.1) is 18.3 Å². The highest BCUT2D eigenvalue weighted by Gasteiger charge is 1.85. The highest BCUT2D eigenvalue weighted by Crippen LogP contribution is 1.99. The maximum absolute atomic E-state index is 8.36. The van der Waals surface area contributed by atoms with Crippen LogP contribution in [0.4, 0.5) is 0 Å². The Morgan fingerprint density at radius 2 is 1.78 bits per heavy atom. The van der Waals surface area contributed by atoms with Crippen molar-refractivity contribution in [3.05, 3.63) is 42.3 Å². The van der Waals surface area contributed by atoms with Crippen LogP contribution in [0.15, 0.2) is 24.3 Å². The maximum Gasteiger partial charge on any atom is 0.0991 e. The van der Waals surface area contributed by atoms with E-state index < -0.39 is 0 Å². The van der Waals surface area contributed by atoms with Gasteiger partial charge in [0.15, 0.2) is 0 Å². The predicted octanol–water partition coefficient (Wildman–Crippen LogP) is 1.74. The van der Waals surface area contributed by atoms with E-state index in [0.29, 0.717) is 5.56 Å². The van der Waals surface area contributed by atoms with Gasteiger partial charge in [0.1, 0.15) is 0 Å². The molecule has 0 spiro atoms. The largest absolute Gasteiger partial charge is 0.192 e. The lowest BCUT2D eigenvalue weighted by molar-refractivity contribution is 1.47. The molecule has 0 unspecified atom stereocenters. The molecule has 0 bridgehead atoms. The molecule has 0 aliphatic rings. The summed E-state index contributed by atoms with van der Waals surface area (Å²) in [7, 11) is 0. The highest BCUT2D eigenvalue weighted by atomic mass is 14.2. The molecule has 0 amide bonds. The minimum Gasteiger partial charge on any atom is -0.192 e. The molecule has 1 radical (unpaired) electrons. The standard InChI is InChI=1S/C8H6N/c1-7-2-4-8(6-9)5-3-7/h2-5H,1H2. The van der Waals surface area contributed by atoms with Gasteiger partial charge in [0.2, 0.25) is 0 Å². The van der Waals surface area contributed by atoms with E-state index in [1.54, 1.807) is 12.1 Å². The van der Waals surface area contributed by atoms with Crippen molar-refractivity contribution in [1.29, 1.82) is 5.26 Å². The van der Waals surface area contributed by atoms with E-state index in [2.05, 4.69) is 6.92 Å².